The van der Waals surface area contributed by atoms with Gasteiger partial charge in [0.15, 0.2) is 0 Å². The van der Waals surface area contributed by atoms with E-state index in [2.05, 4.69) is 5.32 Å². The largest absolute Gasteiger partial charge is 0.463 e. The quantitative estimate of drug-likeness (QED) is 0.529. The van der Waals surface area contributed by atoms with E-state index in [1.165, 1.54) is 0 Å². The first-order valence-electron chi connectivity index (χ1n) is 5.66. The maximum absolute atomic E-state index is 11.3. The van der Waals surface area contributed by atoms with E-state index in [9.17, 15) is 4.79 Å². The number of carbonyl (C=O) groups is 1. The Morgan fingerprint density at radius 3 is 2.87 bits per heavy atom. The number of carbonyl (C=O) groups excluding carboxylic acids is 1. The van der Waals surface area contributed by atoms with E-state index in [1.807, 2.05) is 13.8 Å². The van der Waals surface area contributed by atoms with Crippen LogP contribution in [0, 0.1) is 5.92 Å². The summed E-state index contributed by atoms with van der Waals surface area (Å²) in [6.07, 6.45) is 1.81. The summed E-state index contributed by atoms with van der Waals surface area (Å²) in [5.41, 5.74) is 0. The molecule has 15 heavy (non-hydrogen) atoms. The van der Waals surface area contributed by atoms with Gasteiger partial charge in [-0.05, 0) is 39.3 Å². The summed E-state index contributed by atoms with van der Waals surface area (Å²) in [7, 11) is 0. The summed E-state index contributed by atoms with van der Waals surface area (Å²) in [5.74, 6) is 0.361. The first-order chi connectivity index (χ1) is 7.18. The molecule has 1 N–H and O–H groups in total. The zero-order valence-corrected chi connectivity index (χ0v) is 9.62. The molecule has 1 unspecified atom stereocenters. The van der Waals surface area contributed by atoms with Gasteiger partial charge < -0.3 is 14.8 Å². The van der Waals surface area contributed by atoms with Crippen LogP contribution in [0.5, 0.6) is 0 Å². The summed E-state index contributed by atoms with van der Waals surface area (Å²) in [5, 5.41) is 3.23. The number of nitrogens with one attached hydrogen (secondary N) is 1. The summed E-state index contributed by atoms with van der Waals surface area (Å²) in [4.78, 5) is 11.3. The van der Waals surface area contributed by atoms with Crippen molar-refractivity contribution >= 4 is 5.97 Å². The third-order valence-electron chi connectivity index (χ3n) is 2.42. The standard InChI is InChI=1S/C11H21NO3/c1-9(2)14-5-6-15-11(13)7-10-3-4-12-8-10/h9-10,12H,3-8H2,1-2H3. The fourth-order valence-corrected chi connectivity index (χ4v) is 1.62. The van der Waals surface area contributed by atoms with Crippen LogP contribution in [0.3, 0.4) is 0 Å². The lowest BCUT2D eigenvalue weighted by Gasteiger charge is -2.10. The summed E-state index contributed by atoms with van der Waals surface area (Å²) < 4.78 is 10.3. The normalized spacial score (nSPS) is 20.9. The first kappa shape index (κ1) is 12.5. The van der Waals surface area contributed by atoms with Crippen molar-refractivity contribution in [3.8, 4) is 0 Å². The average molecular weight is 215 g/mol. The van der Waals surface area contributed by atoms with Gasteiger partial charge in [0.2, 0.25) is 0 Å². The van der Waals surface area contributed by atoms with Crippen molar-refractivity contribution in [1.82, 2.24) is 5.32 Å². The van der Waals surface area contributed by atoms with Crippen LogP contribution in [-0.4, -0.2) is 38.4 Å². The molecule has 1 heterocycles. The number of hydrogen-bond donors (Lipinski definition) is 1. The Hall–Kier alpha value is -0.610. The molecule has 1 aliphatic heterocycles. The van der Waals surface area contributed by atoms with Gasteiger partial charge in [0.25, 0.3) is 0 Å². The van der Waals surface area contributed by atoms with Crippen LogP contribution in [-0.2, 0) is 14.3 Å². The Kier molecular flexibility index (Phi) is 5.65. The Labute approximate surface area is 91.3 Å². The Morgan fingerprint density at radius 2 is 2.27 bits per heavy atom. The van der Waals surface area contributed by atoms with Gasteiger partial charge in [-0.1, -0.05) is 0 Å². The SMILES string of the molecule is CC(C)OCCOC(=O)CC1CCNC1. The van der Waals surface area contributed by atoms with Crippen LogP contribution < -0.4 is 5.32 Å². The second-order valence-corrected chi connectivity index (χ2v) is 4.20. The summed E-state index contributed by atoms with van der Waals surface area (Å²) in [6.45, 7) is 6.76. The number of rotatable bonds is 6. The molecule has 4 nitrogen and oxygen atoms in total. The molecular formula is C11H21NO3. The third kappa shape index (κ3) is 5.74. The van der Waals surface area contributed by atoms with Crippen LogP contribution in [0.15, 0.2) is 0 Å². The minimum atomic E-state index is -0.101. The molecule has 1 rings (SSSR count). The molecular weight excluding hydrogens is 194 g/mol. The molecule has 0 saturated carbocycles. The highest BCUT2D eigenvalue weighted by Gasteiger charge is 2.18. The molecule has 0 bridgehead atoms. The van der Waals surface area contributed by atoms with E-state index in [1.54, 1.807) is 0 Å². The maximum Gasteiger partial charge on any atom is 0.306 e. The molecule has 1 fully saturated rings. The second-order valence-electron chi connectivity index (χ2n) is 4.20. The first-order valence-corrected chi connectivity index (χ1v) is 5.66. The highest BCUT2D eigenvalue weighted by atomic mass is 16.6. The molecule has 0 amide bonds. The van der Waals surface area contributed by atoms with Crippen molar-refractivity contribution in [2.75, 3.05) is 26.3 Å². The van der Waals surface area contributed by atoms with E-state index in [0.717, 1.165) is 19.5 Å². The van der Waals surface area contributed by atoms with Gasteiger partial charge in [-0.15, -0.1) is 0 Å². The average Bonchev–Trinajstić information content (AvgIpc) is 2.64. The van der Waals surface area contributed by atoms with Gasteiger partial charge in [-0.25, -0.2) is 0 Å². The molecule has 1 saturated heterocycles. The molecule has 0 aromatic heterocycles. The van der Waals surface area contributed by atoms with Crippen LogP contribution in [0.4, 0.5) is 0 Å². The smallest absolute Gasteiger partial charge is 0.306 e. The maximum atomic E-state index is 11.3. The van der Waals surface area contributed by atoms with E-state index >= 15 is 0 Å². The predicted octanol–water partition coefficient (Wildman–Crippen LogP) is 0.954. The molecule has 88 valence electrons. The van der Waals surface area contributed by atoms with Gasteiger partial charge in [0.05, 0.1) is 12.7 Å². The molecule has 0 aromatic rings. The van der Waals surface area contributed by atoms with Gasteiger partial charge in [0.1, 0.15) is 6.61 Å². The summed E-state index contributed by atoms with van der Waals surface area (Å²) in [6, 6.07) is 0. The number of hydrogen-bond acceptors (Lipinski definition) is 4. The second kappa shape index (κ2) is 6.80. The minimum absolute atomic E-state index is 0.101. The van der Waals surface area contributed by atoms with Crippen molar-refractivity contribution in [2.24, 2.45) is 5.92 Å². The molecule has 0 spiro atoms. The summed E-state index contributed by atoms with van der Waals surface area (Å²) >= 11 is 0. The lowest BCUT2D eigenvalue weighted by molar-refractivity contribution is -0.146. The van der Waals surface area contributed by atoms with E-state index in [-0.39, 0.29) is 12.1 Å². The zero-order chi connectivity index (χ0) is 11.1. The molecule has 4 heteroatoms. The van der Waals surface area contributed by atoms with Gasteiger partial charge in [-0.2, -0.15) is 0 Å². The van der Waals surface area contributed by atoms with Crippen LogP contribution in [0.25, 0.3) is 0 Å². The van der Waals surface area contributed by atoms with Crippen LogP contribution >= 0.6 is 0 Å². The van der Waals surface area contributed by atoms with E-state index < -0.39 is 0 Å². The van der Waals surface area contributed by atoms with Crippen molar-refractivity contribution in [3.63, 3.8) is 0 Å². The third-order valence-corrected chi connectivity index (χ3v) is 2.42. The molecule has 1 aliphatic rings. The Bertz CT molecular complexity index is 188. The van der Waals surface area contributed by atoms with Crippen LogP contribution in [0.2, 0.25) is 0 Å². The van der Waals surface area contributed by atoms with E-state index in [0.29, 0.717) is 25.6 Å². The lowest BCUT2D eigenvalue weighted by Crippen LogP contribution is -2.17. The van der Waals surface area contributed by atoms with Crippen molar-refractivity contribution in [1.29, 1.82) is 0 Å². The molecule has 1 atom stereocenters. The highest BCUT2D eigenvalue weighted by molar-refractivity contribution is 5.69. The topological polar surface area (TPSA) is 47.6 Å². The molecule has 0 radical (unpaired) electrons. The fourth-order valence-electron chi connectivity index (χ4n) is 1.62. The minimum Gasteiger partial charge on any atom is -0.463 e. The number of ether oxygens (including phenoxy) is 2. The van der Waals surface area contributed by atoms with Crippen molar-refractivity contribution < 1.29 is 14.3 Å². The molecule has 0 aliphatic carbocycles. The highest BCUT2D eigenvalue weighted by Crippen LogP contribution is 2.12. The van der Waals surface area contributed by atoms with Gasteiger partial charge in [-0.3, -0.25) is 4.79 Å². The van der Waals surface area contributed by atoms with Crippen molar-refractivity contribution in [3.05, 3.63) is 0 Å². The Morgan fingerprint density at radius 1 is 1.47 bits per heavy atom. The zero-order valence-electron chi connectivity index (χ0n) is 9.62. The predicted molar refractivity (Wildman–Crippen MR) is 57.6 cm³/mol. The van der Waals surface area contributed by atoms with Gasteiger partial charge >= 0.3 is 5.97 Å². The molecule has 0 aromatic carbocycles. The lowest BCUT2D eigenvalue weighted by atomic mass is 10.1. The Balaban J connectivity index is 1.98. The number of esters is 1. The monoisotopic (exact) mass is 215 g/mol. The van der Waals surface area contributed by atoms with Gasteiger partial charge in [0, 0.05) is 6.42 Å². The van der Waals surface area contributed by atoms with Crippen LogP contribution in [0.1, 0.15) is 26.7 Å². The van der Waals surface area contributed by atoms with Crippen molar-refractivity contribution in [2.45, 2.75) is 32.8 Å². The fraction of sp³-hybridized carbons (Fsp3) is 0.909. The van der Waals surface area contributed by atoms with E-state index in [4.69, 9.17) is 9.47 Å².